The first-order chi connectivity index (χ1) is 7.91. The Labute approximate surface area is 93.6 Å². The summed E-state index contributed by atoms with van der Waals surface area (Å²) in [6, 6.07) is 2.56. The number of hydrogen-bond acceptors (Lipinski definition) is 4. The van der Waals surface area contributed by atoms with Gasteiger partial charge in [0.25, 0.3) is 12.1 Å². The number of halogens is 2. The zero-order chi connectivity index (χ0) is 13.0. The third-order valence-corrected chi connectivity index (χ3v) is 1.79. The van der Waals surface area contributed by atoms with Gasteiger partial charge in [0.1, 0.15) is 5.75 Å². The highest BCUT2D eigenvalue weighted by Crippen LogP contribution is 2.32. The van der Waals surface area contributed by atoms with Gasteiger partial charge in [-0.1, -0.05) is 0 Å². The summed E-state index contributed by atoms with van der Waals surface area (Å²) in [6.45, 7) is -0.794. The van der Waals surface area contributed by atoms with Gasteiger partial charge in [-0.3, -0.25) is 10.1 Å². The van der Waals surface area contributed by atoms with Crippen molar-refractivity contribution in [2.45, 2.75) is 6.43 Å². The Bertz CT molecular complexity index is 449. The number of aliphatic carboxylic acids is 1. The highest BCUT2D eigenvalue weighted by Gasteiger charge is 2.19. The molecule has 0 aliphatic carbocycles. The molecule has 0 heterocycles. The van der Waals surface area contributed by atoms with Crippen LogP contribution >= 0.6 is 0 Å². The van der Waals surface area contributed by atoms with Crippen LogP contribution in [-0.2, 0) is 4.79 Å². The fourth-order valence-corrected chi connectivity index (χ4v) is 1.09. The Morgan fingerprint density at radius 1 is 1.53 bits per heavy atom. The van der Waals surface area contributed by atoms with Gasteiger partial charge in [0.15, 0.2) is 6.61 Å². The molecule has 0 spiro atoms. The highest BCUT2D eigenvalue weighted by atomic mass is 19.3. The second-order valence-electron chi connectivity index (χ2n) is 2.96. The Kier molecular flexibility index (Phi) is 3.91. The van der Waals surface area contributed by atoms with E-state index >= 15 is 0 Å². The van der Waals surface area contributed by atoms with Crippen molar-refractivity contribution >= 4 is 11.7 Å². The lowest BCUT2D eigenvalue weighted by Gasteiger charge is -2.08. The summed E-state index contributed by atoms with van der Waals surface area (Å²) in [7, 11) is 0. The molecule has 0 saturated heterocycles. The maximum atomic E-state index is 12.5. The first kappa shape index (κ1) is 12.8. The Balaban J connectivity index is 3.04. The molecule has 0 aliphatic rings. The van der Waals surface area contributed by atoms with Crippen LogP contribution in [0, 0.1) is 10.1 Å². The van der Waals surface area contributed by atoms with Crippen LogP contribution < -0.4 is 4.74 Å². The van der Waals surface area contributed by atoms with Crippen LogP contribution in [0.3, 0.4) is 0 Å². The second kappa shape index (κ2) is 5.19. The van der Waals surface area contributed by atoms with Crippen molar-refractivity contribution in [1.29, 1.82) is 0 Å². The summed E-state index contributed by atoms with van der Waals surface area (Å²) in [5.74, 6) is -1.71. The molecule has 8 heteroatoms. The van der Waals surface area contributed by atoms with Gasteiger partial charge >= 0.3 is 5.97 Å². The number of benzene rings is 1. The van der Waals surface area contributed by atoms with E-state index in [2.05, 4.69) is 4.74 Å². The summed E-state index contributed by atoms with van der Waals surface area (Å²) < 4.78 is 29.7. The van der Waals surface area contributed by atoms with Crippen LogP contribution in [0.1, 0.15) is 12.0 Å². The van der Waals surface area contributed by atoms with E-state index in [0.29, 0.717) is 6.07 Å². The number of hydrogen-bond donors (Lipinski definition) is 1. The molecule has 0 aliphatic heterocycles. The summed E-state index contributed by atoms with van der Waals surface area (Å²) in [5.41, 5.74) is -1.22. The number of nitro benzene ring substituents is 1. The highest BCUT2D eigenvalue weighted by molar-refractivity contribution is 5.68. The average molecular weight is 247 g/mol. The molecule has 17 heavy (non-hydrogen) atoms. The van der Waals surface area contributed by atoms with Crippen LogP contribution in [0.2, 0.25) is 0 Å². The largest absolute Gasteiger partial charge is 0.481 e. The van der Waals surface area contributed by atoms with Gasteiger partial charge in [0, 0.05) is 12.1 Å². The lowest BCUT2D eigenvalue weighted by atomic mass is 10.2. The van der Waals surface area contributed by atoms with E-state index in [1.54, 1.807) is 0 Å². The first-order valence-corrected chi connectivity index (χ1v) is 4.33. The average Bonchev–Trinajstić information content (AvgIpc) is 2.25. The molecule has 1 rings (SSSR count). The van der Waals surface area contributed by atoms with Gasteiger partial charge in [-0.05, 0) is 6.07 Å². The molecule has 92 valence electrons. The van der Waals surface area contributed by atoms with Crippen LogP contribution in [0.5, 0.6) is 5.75 Å². The van der Waals surface area contributed by atoms with Crippen molar-refractivity contribution in [2.75, 3.05) is 6.61 Å². The number of nitrogens with zero attached hydrogens (tertiary/aromatic N) is 1. The topological polar surface area (TPSA) is 89.7 Å². The molecular weight excluding hydrogens is 240 g/mol. The number of non-ortho nitro benzene ring substituents is 1. The van der Waals surface area contributed by atoms with Gasteiger partial charge in [-0.2, -0.15) is 0 Å². The van der Waals surface area contributed by atoms with Crippen molar-refractivity contribution in [1.82, 2.24) is 0 Å². The van der Waals surface area contributed by atoms with Gasteiger partial charge in [0.2, 0.25) is 0 Å². The van der Waals surface area contributed by atoms with Crippen molar-refractivity contribution < 1.29 is 28.3 Å². The van der Waals surface area contributed by atoms with Crippen LogP contribution in [0.15, 0.2) is 18.2 Å². The van der Waals surface area contributed by atoms with E-state index in [1.807, 2.05) is 0 Å². The number of carboxylic acid groups (broad SMARTS) is 1. The molecule has 1 aromatic rings. The van der Waals surface area contributed by atoms with Crippen LogP contribution in [0.4, 0.5) is 14.5 Å². The molecule has 0 atom stereocenters. The van der Waals surface area contributed by atoms with E-state index in [4.69, 9.17) is 5.11 Å². The number of carboxylic acids is 1. The minimum absolute atomic E-state index is 0.381. The molecular formula is C9H7F2NO5. The summed E-state index contributed by atoms with van der Waals surface area (Å²) >= 11 is 0. The van der Waals surface area contributed by atoms with Crippen molar-refractivity contribution in [3.63, 3.8) is 0 Å². The predicted octanol–water partition coefficient (Wildman–Crippen LogP) is 2.00. The molecule has 0 fully saturated rings. The number of ether oxygens (including phenoxy) is 1. The molecule has 6 nitrogen and oxygen atoms in total. The number of carbonyl (C=O) groups is 1. The Hall–Kier alpha value is -2.25. The number of rotatable bonds is 5. The fraction of sp³-hybridized carbons (Fsp3) is 0.222. The van der Waals surface area contributed by atoms with Crippen LogP contribution in [-0.4, -0.2) is 22.6 Å². The van der Waals surface area contributed by atoms with Crippen molar-refractivity contribution in [2.24, 2.45) is 0 Å². The minimum Gasteiger partial charge on any atom is -0.481 e. The van der Waals surface area contributed by atoms with Crippen LogP contribution in [0.25, 0.3) is 0 Å². The van der Waals surface area contributed by atoms with Gasteiger partial charge in [-0.25, -0.2) is 13.6 Å². The second-order valence-corrected chi connectivity index (χ2v) is 2.96. The summed E-state index contributed by atoms with van der Waals surface area (Å²) in [4.78, 5) is 19.8. The van der Waals surface area contributed by atoms with E-state index in [0.717, 1.165) is 12.1 Å². The standard InChI is InChI=1S/C9H7F2NO5/c10-9(11)6-3-5(12(15)16)1-2-7(6)17-4-8(13)14/h1-3,9H,4H2,(H,13,14). The number of alkyl halides is 2. The normalized spacial score (nSPS) is 10.3. The molecule has 0 unspecified atom stereocenters. The summed E-state index contributed by atoms with van der Waals surface area (Å²) in [5, 5.41) is 18.7. The summed E-state index contributed by atoms with van der Waals surface area (Å²) in [6.07, 6.45) is -2.99. The van der Waals surface area contributed by atoms with E-state index in [1.165, 1.54) is 0 Å². The zero-order valence-corrected chi connectivity index (χ0v) is 8.30. The van der Waals surface area contributed by atoms with Gasteiger partial charge < -0.3 is 9.84 Å². The molecule has 0 bridgehead atoms. The Morgan fingerprint density at radius 2 is 2.18 bits per heavy atom. The smallest absolute Gasteiger partial charge is 0.341 e. The Morgan fingerprint density at radius 3 is 2.65 bits per heavy atom. The fourth-order valence-electron chi connectivity index (χ4n) is 1.09. The van der Waals surface area contributed by atoms with Gasteiger partial charge in [-0.15, -0.1) is 0 Å². The van der Waals surface area contributed by atoms with E-state index < -0.39 is 35.2 Å². The van der Waals surface area contributed by atoms with Crippen molar-refractivity contribution in [3.8, 4) is 5.75 Å². The molecule has 0 aromatic heterocycles. The third-order valence-electron chi connectivity index (χ3n) is 1.79. The monoisotopic (exact) mass is 247 g/mol. The predicted molar refractivity (Wildman–Crippen MR) is 51.2 cm³/mol. The molecule has 1 aromatic carbocycles. The lowest BCUT2D eigenvalue weighted by molar-refractivity contribution is -0.385. The minimum atomic E-state index is -2.99. The zero-order valence-electron chi connectivity index (χ0n) is 8.30. The number of nitro groups is 1. The van der Waals surface area contributed by atoms with E-state index in [-0.39, 0.29) is 5.75 Å². The maximum Gasteiger partial charge on any atom is 0.341 e. The third kappa shape index (κ3) is 3.37. The van der Waals surface area contributed by atoms with Gasteiger partial charge in [0.05, 0.1) is 10.5 Å². The molecule has 0 amide bonds. The lowest BCUT2D eigenvalue weighted by Crippen LogP contribution is -2.10. The quantitative estimate of drug-likeness (QED) is 0.634. The first-order valence-electron chi connectivity index (χ1n) is 4.33. The SMILES string of the molecule is O=C(O)COc1ccc([N+](=O)[O-])cc1C(F)F. The van der Waals surface area contributed by atoms with E-state index in [9.17, 15) is 23.7 Å². The molecule has 0 radical (unpaired) electrons. The molecule has 0 saturated carbocycles. The van der Waals surface area contributed by atoms with Crippen molar-refractivity contribution in [3.05, 3.63) is 33.9 Å². The maximum absolute atomic E-state index is 12.5. The molecule has 1 N–H and O–H groups in total.